The van der Waals surface area contributed by atoms with Gasteiger partial charge in [-0.1, -0.05) is 42.0 Å². The molecule has 5 nitrogen and oxygen atoms in total. The maximum Gasteiger partial charge on any atom is 0.282 e. The molecule has 2 amide bonds. The van der Waals surface area contributed by atoms with Crippen molar-refractivity contribution in [3.8, 4) is 0 Å². The van der Waals surface area contributed by atoms with E-state index in [-0.39, 0.29) is 11.8 Å². The Morgan fingerprint density at radius 3 is 2.09 bits per heavy atom. The highest BCUT2D eigenvalue weighted by Crippen LogP contribution is 2.34. The number of amides is 2. The highest BCUT2D eigenvalue weighted by Gasteiger charge is 2.40. The number of hydrogen-bond donors (Lipinski definition) is 1. The molecule has 0 bridgehead atoms. The number of aryl methyl sites for hydroxylation is 2. The van der Waals surface area contributed by atoms with Crippen molar-refractivity contribution in [1.29, 1.82) is 0 Å². The van der Waals surface area contributed by atoms with Gasteiger partial charge in [0.25, 0.3) is 11.8 Å². The van der Waals surface area contributed by atoms with Crippen LogP contribution in [0, 0.1) is 13.8 Å². The van der Waals surface area contributed by atoms with Crippen LogP contribution in [0.15, 0.2) is 78.5 Å². The number of carbonyl (C=O) groups is 2. The molecule has 3 aromatic carbocycles. The van der Waals surface area contributed by atoms with Gasteiger partial charge >= 0.3 is 0 Å². The van der Waals surface area contributed by atoms with E-state index in [0.29, 0.717) is 17.0 Å². The Morgan fingerprint density at radius 2 is 1.41 bits per heavy atom. The van der Waals surface area contributed by atoms with Crippen molar-refractivity contribution in [1.82, 2.24) is 0 Å². The molecular formula is C29H29N3O2. The summed E-state index contributed by atoms with van der Waals surface area (Å²) in [5.74, 6) is -0.654. The van der Waals surface area contributed by atoms with Crippen LogP contribution < -0.4 is 15.1 Å². The van der Waals surface area contributed by atoms with Gasteiger partial charge in [-0.05, 0) is 80.6 Å². The molecule has 3 aromatic rings. The standard InChI is InChI=1S/C29H29N3O2/c1-20-9-11-22(12-10-20)26-27(29(34)32(28(26)33)25-8-6-7-21(2)19-25)30-23-13-15-24(16-14-23)31-17-4-3-5-18-31/h6-16,19,30H,3-5,17-18H2,1-2H3. The summed E-state index contributed by atoms with van der Waals surface area (Å²) in [5.41, 5.74) is 6.07. The monoisotopic (exact) mass is 451 g/mol. The fourth-order valence-corrected chi connectivity index (χ4v) is 4.69. The van der Waals surface area contributed by atoms with Gasteiger partial charge in [0.15, 0.2) is 0 Å². The molecule has 2 aliphatic rings. The molecule has 1 N–H and O–H groups in total. The van der Waals surface area contributed by atoms with Gasteiger partial charge in [0.2, 0.25) is 0 Å². The van der Waals surface area contributed by atoms with E-state index in [1.165, 1.54) is 29.8 Å². The van der Waals surface area contributed by atoms with Crippen LogP contribution in [0.3, 0.4) is 0 Å². The van der Waals surface area contributed by atoms with Gasteiger partial charge in [0.1, 0.15) is 5.70 Å². The summed E-state index contributed by atoms with van der Waals surface area (Å²) in [6.45, 7) is 6.11. The molecule has 1 fully saturated rings. The molecule has 172 valence electrons. The number of piperidine rings is 1. The number of nitrogens with zero attached hydrogens (tertiary/aromatic N) is 2. The lowest BCUT2D eigenvalue weighted by atomic mass is 10.0. The van der Waals surface area contributed by atoms with Crippen molar-refractivity contribution in [3.05, 3.63) is 95.2 Å². The van der Waals surface area contributed by atoms with Crippen LogP contribution in [0.1, 0.15) is 36.0 Å². The number of nitrogens with one attached hydrogen (secondary N) is 1. The van der Waals surface area contributed by atoms with Crippen molar-refractivity contribution in [2.45, 2.75) is 33.1 Å². The van der Waals surface area contributed by atoms with Crippen molar-refractivity contribution in [2.24, 2.45) is 0 Å². The van der Waals surface area contributed by atoms with Crippen LogP contribution in [0.4, 0.5) is 17.1 Å². The predicted octanol–water partition coefficient (Wildman–Crippen LogP) is 5.69. The smallest absolute Gasteiger partial charge is 0.282 e. The number of imide groups is 1. The second kappa shape index (κ2) is 9.18. The normalized spacial score (nSPS) is 16.4. The third-order valence-electron chi connectivity index (χ3n) is 6.54. The quantitative estimate of drug-likeness (QED) is 0.506. The zero-order valence-electron chi connectivity index (χ0n) is 19.7. The van der Waals surface area contributed by atoms with Gasteiger partial charge in [0.05, 0.1) is 11.3 Å². The minimum Gasteiger partial charge on any atom is -0.372 e. The van der Waals surface area contributed by atoms with Crippen molar-refractivity contribution in [2.75, 3.05) is 28.2 Å². The number of rotatable bonds is 5. The SMILES string of the molecule is Cc1ccc(C2=C(Nc3ccc(N4CCCCC4)cc3)C(=O)N(c3cccc(C)c3)C2=O)cc1. The first-order chi connectivity index (χ1) is 16.5. The topological polar surface area (TPSA) is 52.7 Å². The largest absolute Gasteiger partial charge is 0.372 e. The molecule has 0 aliphatic carbocycles. The van der Waals surface area contributed by atoms with E-state index < -0.39 is 0 Å². The molecule has 34 heavy (non-hydrogen) atoms. The fraction of sp³-hybridized carbons (Fsp3) is 0.241. The molecule has 1 saturated heterocycles. The lowest BCUT2D eigenvalue weighted by Crippen LogP contribution is -2.32. The first-order valence-corrected chi connectivity index (χ1v) is 11.9. The van der Waals surface area contributed by atoms with E-state index in [4.69, 9.17) is 0 Å². The lowest BCUT2D eigenvalue weighted by molar-refractivity contribution is -0.120. The van der Waals surface area contributed by atoms with Gasteiger partial charge in [-0.3, -0.25) is 9.59 Å². The van der Waals surface area contributed by atoms with Crippen molar-refractivity contribution >= 4 is 34.4 Å². The summed E-state index contributed by atoms with van der Waals surface area (Å²) >= 11 is 0. The Labute approximate surface area is 200 Å². The molecule has 2 aliphatic heterocycles. The van der Waals surface area contributed by atoms with E-state index in [2.05, 4.69) is 22.3 Å². The minimum atomic E-state index is -0.341. The summed E-state index contributed by atoms with van der Waals surface area (Å²) in [4.78, 5) is 30.8. The average Bonchev–Trinajstić information content (AvgIpc) is 3.10. The first-order valence-electron chi connectivity index (χ1n) is 11.9. The summed E-state index contributed by atoms with van der Waals surface area (Å²) in [7, 11) is 0. The molecule has 5 heteroatoms. The van der Waals surface area contributed by atoms with Crippen LogP contribution in [0.2, 0.25) is 0 Å². The van der Waals surface area contributed by atoms with Crippen LogP contribution in [0.5, 0.6) is 0 Å². The molecule has 0 saturated carbocycles. The number of carbonyl (C=O) groups excluding carboxylic acids is 2. The number of hydrogen-bond acceptors (Lipinski definition) is 4. The summed E-state index contributed by atoms with van der Waals surface area (Å²) < 4.78 is 0. The Hall–Kier alpha value is -3.86. The van der Waals surface area contributed by atoms with Gasteiger partial charge in [-0.15, -0.1) is 0 Å². The molecular weight excluding hydrogens is 422 g/mol. The van der Waals surface area contributed by atoms with E-state index in [9.17, 15) is 9.59 Å². The van der Waals surface area contributed by atoms with Crippen LogP contribution in [-0.4, -0.2) is 24.9 Å². The second-order valence-electron chi connectivity index (χ2n) is 9.12. The van der Waals surface area contributed by atoms with Gasteiger partial charge in [-0.2, -0.15) is 0 Å². The Kier molecular flexibility index (Phi) is 5.93. The van der Waals surface area contributed by atoms with Crippen LogP contribution >= 0.6 is 0 Å². The van der Waals surface area contributed by atoms with E-state index in [1.807, 2.05) is 68.4 Å². The summed E-state index contributed by atoms with van der Waals surface area (Å²) in [6.07, 6.45) is 3.73. The lowest BCUT2D eigenvalue weighted by Gasteiger charge is -2.28. The maximum absolute atomic E-state index is 13.6. The van der Waals surface area contributed by atoms with Gasteiger partial charge in [-0.25, -0.2) is 4.90 Å². The van der Waals surface area contributed by atoms with Crippen LogP contribution in [0.25, 0.3) is 5.57 Å². The Morgan fingerprint density at radius 1 is 0.706 bits per heavy atom. The van der Waals surface area contributed by atoms with Crippen molar-refractivity contribution < 1.29 is 9.59 Å². The fourth-order valence-electron chi connectivity index (χ4n) is 4.69. The maximum atomic E-state index is 13.6. The van der Waals surface area contributed by atoms with E-state index in [1.54, 1.807) is 6.07 Å². The van der Waals surface area contributed by atoms with Crippen molar-refractivity contribution in [3.63, 3.8) is 0 Å². The molecule has 5 rings (SSSR count). The van der Waals surface area contributed by atoms with E-state index >= 15 is 0 Å². The Balaban J connectivity index is 1.50. The van der Waals surface area contributed by atoms with Gasteiger partial charge in [0, 0.05) is 24.5 Å². The van der Waals surface area contributed by atoms with Gasteiger partial charge < -0.3 is 10.2 Å². The zero-order valence-corrected chi connectivity index (χ0v) is 19.7. The number of anilines is 3. The third kappa shape index (κ3) is 4.21. The summed E-state index contributed by atoms with van der Waals surface area (Å²) in [6, 6.07) is 23.3. The predicted molar refractivity (Wildman–Crippen MR) is 138 cm³/mol. The first kappa shape index (κ1) is 22.0. The Bertz CT molecular complexity index is 1250. The van der Waals surface area contributed by atoms with Crippen LogP contribution in [-0.2, 0) is 9.59 Å². The second-order valence-corrected chi connectivity index (χ2v) is 9.12. The minimum absolute atomic E-state index is 0.307. The summed E-state index contributed by atoms with van der Waals surface area (Å²) in [5, 5.41) is 3.28. The molecule has 0 spiro atoms. The molecule has 2 heterocycles. The third-order valence-corrected chi connectivity index (χ3v) is 6.54. The molecule has 0 radical (unpaired) electrons. The van der Waals surface area contributed by atoms with E-state index in [0.717, 1.165) is 35.5 Å². The highest BCUT2D eigenvalue weighted by atomic mass is 16.2. The number of benzene rings is 3. The molecule has 0 unspecified atom stereocenters. The highest BCUT2D eigenvalue weighted by molar-refractivity contribution is 6.46. The molecule has 0 aromatic heterocycles. The zero-order chi connectivity index (χ0) is 23.7. The molecule has 0 atom stereocenters. The average molecular weight is 452 g/mol.